The number of carbonyl (C=O) groups is 1. The Morgan fingerprint density at radius 1 is 1.33 bits per heavy atom. The number of pyridine rings is 1. The monoisotopic (exact) mass is 364 g/mol. The van der Waals surface area contributed by atoms with E-state index in [1.54, 1.807) is 25.1 Å². The number of thioether (sulfide) groups is 1. The minimum Gasteiger partial charge on any atom is -0.496 e. The summed E-state index contributed by atoms with van der Waals surface area (Å²) in [5.74, 6) is 0.827. The van der Waals surface area contributed by atoms with Gasteiger partial charge in [-0.05, 0) is 24.6 Å². The van der Waals surface area contributed by atoms with Crippen LogP contribution in [0.25, 0.3) is 0 Å². The second-order valence-corrected chi connectivity index (χ2v) is 7.27. The van der Waals surface area contributed by atoms with Gasteiger partial charge in [0, 0.05) is 30.0 Å². The highest BCUT2D eigenvalue weighted by atomic mass is 35.5. The molecule has 0 spiro atoms. The average molecular weight is 365 g/mol. The summed E-state index contributed by atoms with van der Waals surface area (Å²) < 4.78 is 5.28. The molecule has 1 aromatic heterocycles. The fourth-order valence-corrected chi connectivity index (χ4v) is 3.18. The largest absolute Gasteiger partial charge is 0.496 e. The summed E-state index contributed by atoms with van der Waals surface area (Å²) in [7, 11) is 1.63. The van der Waals surface area contributed by atoms with Gasteiger partial charge >= 0.3 is 0 Å². The number of nitrogens with one attached hydrogen (secondary N) is 1. The quantitative estimate of drug-likeness (QED) is 0.709. The maximum atomic E-state index is 12.0. The van der Waals surface area contributed by atoms with Gasteiger partial charge in [0.25, 0.3) is 0 Å². The van der Waals surface area contributed by atoms with Gasteiger partial charge in [-0.1, -0.05) is 36.7 Å². The van der Waals surface area contributed by atoms with Crippen molar-refractivity contribution in [2.45, 2.75) is 36.6 Å². The number of ether oxygens (including phenoxy) is 1. The molecule has 1 N–H and O–H groups in total. The van der Waals surface area contributed by atoms with Crippen LogP contribution in [-0.4, -0.2) is 23.3 Å². The third-order valence-electron chi connectivity index (χ3n) is 3.47. The molecule has 128 valence electrons. The van der Waals surface area contributed by atoms with Crippen molar-refractivity contribution >= 4 is 29.3 Å². The molecule has 0 aliphatic heterocycles. The number of carbonyl (C=O) groups excluding carboxylic acids is 1. The highest BCUT2D eigenvalue weighted by Gasteiger charge is 2.10. The van der Waals surface area contributed by atoms with Crippen molar-refractivity contribution in [2.75, 3.05) is 7.11 Å². The Bertz CT molecular complexity index is 664. The lowest BCUT2D eigenvalue weighted by Gasteiger charge is -2.12. The van der Waals surface area contributed by atoms with E-state index in [2.05, 4.69) is 17.2 Å². The molecule has 24 heavy (non-hydrogen) atoms. The lowest BCUT2D eigenvalue weighted by Crippen LogP contribution is -2.23. The van der Waals surface area contributed by atoms with Crippen LogP contribution >= 0.6 is 23.4 Å². The number of aromatic nitrogens is 1. The molecule has 0 saturated heterocycles. The number of nitrogens with zero attached hydrogens (tertiary/aromatic N) is 1. The number of hydrogen-bond donors (Lipinski definition) is 1. The molecule has 6 heteroatoms. The van der Waals surface area contributed by atoms with Crippen LogP contribution in [0, 0.1) is 0 Å². The van der Waals surface area contributed by atoms with Gasteiger partial charge in [0.2, 0.25) is 5.91 Å². The topological polar surface area (TPSA) is 51.2 Å². The van der Waals surface area contributed by atoms with Gasteiger partial charge < -0.3 is 10.1 Å². The normalized spacial score (nSPS) is 11.8. The Balaban J connectivity index is 1.73. The van der Waals surface area contributed by atoms with Gasteiger partial charge in [-0.25, -0.2) is 4.98 Å². The van der Waals surface area contributed by atoms with Crippen LogP contribution in [0.1, 0.15) is 25.3 Å². The average Bonchev–Trinajstić information content (AvgIpc) is 2.60. The van der Waals surface area contributed by atoms with Crippen molar-refractivity contribution in [3.05, 3.63) is 53.2 Å². The summed E-state index contributed by atoms with van der Waals surface area (Å²) in [4.78, 5) is 16.3. The maximum Gasteiger partial charge on any atom is 0.220 e. The van der Waals surface area contributed by atoms with Crippen molar-refractivity contribution in [1.29, 1.82) is 0 Å². The predicted octanol–water partition coefficient (Wildman–Crippen LogP) is 4.32. The number of amides is 1. The molecule has 1 amide bonds. The zero-order valence-corrected chi connectivity index (χ0v) is 15.4. The van der Waals surface area contributed by atoms with E-state index in [1.165, 1.54) is 0 Å². The molecule has 0 radical (unpaired) electrons. The van der Waals surface area contributed by atoms with E-state index in [4.69, 9.17) is 16.3 Å². The first-order valence-electron chi connectivity index (χ1n) is 7.75. The Morgan fingerprint density at radius 3 is 2.83 bits per heavy atom. The van der Waals surface area contributed by atoms with E-state index in [0.29, 0.717) is 23.2 Å². The Labute approximate surface area is 152 Å². The van der Waals surface area contributed by atoms with Crippen LogP contribution in [-0.2, 0) is 11.3 Å². The minimum absolute atomic E-state index is 0.0393. The van der Waals surface area contributed by atoms with Gasteiger partial charge in [-0.15, -0.1) is 11.8 Å². The molecule has 1 heterocycles. The molecule has 4 nitrogen and oxygen atoms in total. The third-order valence-corrected chi connectivity index (χ3v) is 4.81. The summed E-state index contributed by atoms with van der Waals surface area (Å²) in [5, 5.41) is 4.79. The van der Waals surface area contributed by atoms with Crippen LogP contribution in [0.5, 0.6) is 5.75 Å². The molecule has 1 atom stereocenters. The van der Waals surface area contributed by atoms with Crippen LogP contribution in [0.4, 0.5) is 0 Å². The number of methoxy groups -OCH3 is 1. The molecular formula is C18H21ClN2O2S. The van der Waals surface area contributed by atoms with Gasteiger partial charge in [-0.2, -0.15) is 0 Å². The van der Waals surface area contributed by atoms with Crippen LogP contribution in [0.3, 0.4) is 0 Å². The van der Waals surface area contributed by atoms with Gasteiger partial charge in [-0.3, -0.25) is 4.79 Å². The SMILES string of the molecule is COc1ccccc1CNC(=O)CCC(C)Sc1ccc(Cl)cn1. The van der Waals surface area contributed by atoms with Crippen molar-refractivity contribution in [1.82, 2.24) is 10.3 Å². The first-order chi connectivity index (χ1) is 11.6. The molecule has 0 aliphatic carbocycles. The summed E-state index contributed by atoms with van der Waals surface area (Å²) in [6, 6.07) is 11.4. The molecule has 0 aliphatic rings. The fourth-order valence-electron chi connectivity index (χ4n) is 2.16. The summed E-state index contributed by atoms with van der Waals surface area (Å²) in [5.41, 5.74) is 0.973. The van der Waals surface area contributed by atoms with Gasteiger partial charge in [0.1, 0.15) is 5.75 Å². The molecule has 2 rings (SSSR count). The van der Waals surface area contributed by atoms with E-state index in [9.17, 15) is 4.79 Å². The Kier molecular flexibility index (Phi) is 7.40. The van der Waals surface area contributed by atoms with E-state index < -0.39 is 0 Å². The van der Waals surface area contributed by atoms with Crippen molar-refractivity contribution in [2.24, 2.45) is 0 Å². The molecular weight excluding hydrogens is 344 g/mol. The lowest BCUT2D eigenvalue weighted by molar-refractivity contribution is -0.121. The van der Waals surface area contributed by atoms with Gasteiger partial charge in [0.15, 0.2) is 0 Å². The van der Waals surface area contributed by atoms with E-state index in [1.807, 2.05) is 36.4 Å². The number of rotatable bonds is 8. The predicted molar refractivity (Wildman–Crippen MR) is 98.6 cm³/mol. The number of para-hydroxylation sites is 1. The number of benzene rings is 1. The standard InChI is InChI=1S/C18H21ClN2O2S/c1-13(24-18-10-8-15(19)12-21-18)7-9-17(22)20-11-14-5-3-4-6-16(14)23-2/h3-6,8,10,12-13H,7,9,11H2,1-2H3,(H,20,22). The summed E-state index contributed by atoms with van der Waals surface area (Å²) >= 11 is 7.47. The Morgan fingerprint density at radius 2 is 2.12 bits per heavy atom. The lowest BCUT2D eigenvalue weighted by atomic mass is 10.2. The zero-order valence-electron chi connectivity index (χ0n) is 13.8. The molecule has 2 aromatic rings. The van der Waals surface area contributed by atoms with Crippen molar-refractivity contribution < 1.29 is 9.53 Å². The smallest absolute Gasteiger partial charge is 0.220 e. The van der Waals surface area contributed by atoms with Crippen molar-refractivity contribution in [3.8, 4) is 5.75 Å². The molecule has 1 unspecified atom stereocenters. The summed E-state index contributed by atoms with van der Waals surface area (Å²) in [6.45, 7) is 2.57. The van der Waals surface area contributed by atoms with E-state index in [0.717, 1.165) is 22.8 Å². The second kappa shape index (κ2) is 9.55. The van der Waals surface area contributed by atoms with Crippen LogP contribution in [0.2, 0.25) is 5.02 Å². The van der Waals surface area contributed by atoms with Crippen LogP contribution in [0.15, 0.2) is 47.6 Å². The minimum atomic E-state index is 0.0393. The maximum absolute atomic E-state index is 12.0. The highest BCUT2D eigenvalue weighted by molar-refractivity contribution is 7.99. The zero-order chi connectivity index (χ0) is 17.4. The third kappa shape index (κ3) is 6.06. The molecule has 0 saturated carbocycles. The summed E-state index contributed by atoms with van der Waals surface area (Å²) in [6.07, 6.45) is 2.90. The van der Waals surface area contributed by atoms with Gasteiger partial charge in [0.05, 0.1) is 17.2 Å². The molecule has 0 fully saturated rings. The molecule has 0 bridgehead atoms. The fraction of sp³-hybridized carbons (Fsp3) is 0.333. The first kappa shape index (κ1) is 18.6. The molecule has 1 aromatic carbocycles. The number of halogens is 1. The Hall–Kier alpha value is -1.72. The van der Waals surface area contributed by atoms with Crippen LogP contribution < -0.4 is 10.1 Å². The second-order valence-electron chi connectivity index (χ2n) is 5.37. The first-order valence-corrected chi connectivity index (χ1v) is 9.01. The highest BCUT2D eigenvalue weighted by Crippen LogP contribution is 2.25. The number of hydrogen-bond acceptors (Lipinski definition) is 4. The van der Waals surface area contributed by atoms with E-state index >= 15 is 0 Å². The van der Waals surface area contributed by atoms with Crippen molar-refractivity contribution in [3.63, 3.8) is 0 Å². The van der Waals surface area contributed by atoms with E-state index in [-0.39, 0.29) is 5.91 Å².